The Kier molecular flexibility index (Phi) is 5.54. The number of amides is 1. The van der Waals surface area contributed by atoms with Gasteiger partial charge in [0, 0.05) is 10.9 Å². The Morgan fingerprint density at radius 3 is 2.37 bits per heavy atom. The van der Waals surface area contributed by atoms with Gasteiger partial charge in [-0.15, -0.1) is 11.3 Å². The minimum atomic E-state index is -3.68. The molecule has 0 aliphatic rings. The zero-order valence-corrected chi connectivity index (χ0v) is 14.4. The van der Waals surface area contributed by atoms with Crippen LogP contribution in [0.2, 0.25) is 0 Å². The van der Waals surface area contributed by atoms with Crippen LogP contribution in [0.4, 0.5) is 0 Å². The van der Waals surface area contributed by atoms with Crippen molar-refractivity contribution in [1.82, 2.24) is 10.0 Å². The number of halogens is 1. The molecule has 0 fully saturated rings. The van der Waals surface area contributed by atoms with Crippen LogP contribution in [0.1, 0.15) is 25.6 Å². The molecule has 1 atom stereocenters. The Balaban J connectivity index is 2.86. The number of carbonyl (C=O) groups excluding carboxylic acids is 1. The fraction of sp³-hybridized carbons (Fsp3) is 0.545. The van der Waals surface area contributed by atoms with Crippen molar-refractivity contribution in [2.45, 2.75) is 44.7 Å². The number of hydrogen-bond acceptors (Lipinski definition) is 4. The highest BCUT2D eigenvalue weighted by atomic mass is 79.9. The Morgan fingerprint density at radius 1 is 1.37 bits per heavy atom. The lowest BCUT2D eigenvalue weighted by Gasteiger charge is -2.16. The molecule has 0 spiro atoms. The molecule has 0 aliphatic heterocycles. The summed E-state index contributed by atoms with van der Waals surface area (Å²) in [6.45, 7) is 6.88. The van der Waals surface area contributed by atoms with Crippen molar-refractivity contribution in [3.63, 3.8) is 0 Å². The van der Waals surface area contributed by atoms with Gasteiger partial charge in [0.25, 0.3) is 0 Å². The van der Waals surface area contributed by atoms with Crippen LogP contribution in [0.15, 0.2) is 14.7 Å². The zero-order chi connectivity index (χ0) is 14.8. The lowest BCUT2D eigenvalue weighted by Crippen LogP contribution is -2.46. The van der Waals surface area contributed by atoms with Gasteiger partial charge in [0.05, 0.1) is 14.7 Å². The van der Waals surface area contributed by atoms with Gasteiger partial charge < -0.3 is 5.32 Å². The maximum Gasteiger partial charge on any atom is 0.242 e. The molecule has 0 radical (unpaired) electrons. The van der Waals surface area contributed by atoms with Gasteiger partial charge in [-0.05, 0) is 49.7 Å². The van der Waals surface area contributed by atoms with Gasteiger partial charge in [-0.3, -0.25) is 4.79 Å². The zero-order valence-electron chi connectivity index (χ0n) is 11.2. The van der Waals surface area contributed by atoms with E-state index in [2.05, 4.69) is 26.0 Å². The van der Waals surface area contributed by atoms with Crippen LogP contribution in [0.5, 0.6) is 0 Å². The third-order valence-electron chi connectivity index (χ3n) is 2.29. The van der Waals surface area contributed by atoms with Crippen molar-refractivity contribution in [3.05, 3.63) is 14.7 Å². The smallest absolute Gasteiger partial charge is 0.242 e. The van der Waals surface area contributed by atoms with Crippen molar-refractivity contribution < 1.29 is 13.2 Å². The number of hydrogen-bond donors (Lipinski definition) is 2. The highest BCUT2D eigenvalue weighted by Crippen LogP contribution is 2.29. The average molecular weight is 369 g/mol. The fourth-order valence-corrected chi connectivity index (χ4v) is 5.07. The summed E-state index contributed by atoms with van der Waals surface area (Å²) < 4.78 is 27.4. The molecule has 1 aromatic heterocycles. The molecule has 5 nitrogen and oxygen atoms in total. The van der Waals surface area contributed by atoms with E-state index < -0.39 is 16.1 Å². The maximum atomic E-state index is 12.2. The van der Waals surface area contributed by atoms with Gasteiger partial charge in [-0.1, -0.05) is 0 Å². The summed E-state index contributed by atoms with van der Waals surface area (Å²) in [6.07, 6.45) is 0. The van der Waals surface area contributed by atoms with Gasteiger partial charge in [-0.2, -0.15) is 4.72 Å². The van der Waals surface area contributed by atoms with Crippen molar-refractivity contribution in [1.29, 1.82) is 0 Å². The minimum absolute atomic E-state index is 0.0310. The molecular weight excluding hydrogens is 352 g/mol. The Labute approximate surface area is 126 Å². The quantitative estimate of drug-likeness (QED) is 0.834. The first kappa shape index (κ1) is 16.6. The Hall–Kier alpha value is -0.440. The fourth-order valence-electron chi connectivity index (χ4n) is 1.46. The van der Waals surface area contributed by atoms with E-state index in [-0.39, 0.29) is 16.8 Å². The van der Waals surface area contributed by atoms with Crippen molar-refractivity contribution in [3.8, 4) is 0 Å². The summed E-state index contributed by atoms with van der Waals surface area (Å²) in [5.74, 6) is -0.342. The maximum absolute atomic E-state index is 12.2. The minimum Gasteiger partial charge on any atom is -0.353 e. The van der Waals surface area contributed by atoms with E-state index in [4.69, 9.17) is 0 Å². The summed E-state index contributed by atoms with van der Waals surface area (Å²) in [5.41, 5.74) is 0. The predicted molar refractivity (Wildman–Crippen MR) is 79.8 cm³/mol. The van der Waals surface area contributed by atoms with Crippen molar-refractivity contribution in [2.24, 2.45) is 0 Å². The lowest BCUT2D eigenvalue weighted by molar-refractivity contribution is -0.122. The van der Waals surface area contributed by atoms with E-state index in [1.807, 2.05) is 13.8 Å². The second-order valence-electron chi connectivity index (χ2n) is 4.48. The molecule has 0 aromatic carbocycles. The molecule has 0 aliphatic carbocycles. The summed E-state index contributed by atoms with van der Waals surface area (Å²) in [5, 5.41) is 2.66. The number of aryl methyl sites for hydroxylation is 1. The van der Waals surface area contributed by atoms with Crippen LogP contribution in [-0.2, 0) is 14.8 Å². The second-order valence-corrected chi connectivity index (χ2v) is 8.80. The number of thiophene rings is 1. The third-order valence-corrected chi connectivity index (χ3v) is 5.64. The molecule has 0 bridgehead atoms. The predicted octanol–water partition coefficient (Wildman–Crippen LogP) is 2.01. The van der Waals surface area contributed by atoms with Gasteiger partial charge >= 0.3 is 0 Å². The van der Waals surface area contributed by atoms with Crippen LogP contribution in [0.25, 0.3) is 0 Å². The molecule has 1 unspecified atom stereocenters. The average Bonchev–Trinajstić information content (AvgIpc) is 2.56. The lowest BCUT2D eigenvalue weighted by atomic mass is 10.3. The van der Waals surface area contributed by atoms with Crippen LogP contribution in [0, 0.1) is 6.92 Å². The van der Waals surface area contributed by atoms with E-state index in [0.717, 1.165) is 3.79 Å². The van der Waals surface area contributed by atoms with Gasteiger partial charge in [0.15, 0.2) is 0 Å². The van der Waals surface area contributed by atoms with Crippen LogP contribution >= 0.6 is 27.3 Å². The number of nitrogens with one attached hydrogen (secondary N) is 2. The second kappa shape index (κ2) is 6.34. The molecular formula is C11H17BrN2O3S2. The molecule has 2 N–H and O–H groups in total. The number of sulfonamides is 1. The van der Waals surface area contributed by atoms with E-state index in [9.17, 15) is 13.2 Å². The first-order chi connectivity index (χ1) is 8.63. The number of carbonyl (C=O) groups is 1. The molecule has 19 heavy (non-hydrogen) atoms. The molecule has 1 rings (SSSR count). The summed E-state index contributed by atoms with van der Waals surface area (Å²) >= 11 is 4.59. The van der Waals surface area contributed by atoms with E-state index in [0.29, 0.717) is 4.88 Å². The Morgan fingerprint density at radius 2 is 1.95 bits per heavy atom. The molecule has 1 heterocycles. The molecule has 108 valence electrons. The molecule has 0 saturated carbocycles. The normalized spacial score (nSPS) is 13.6. The van der Waals surface area contributed by atoms with Crippen molar-refractivity contribution in [2.75, 3.05) is 0 Å². The van der Waals surface area contributed by atoms with Gasteiger partial charge in [-0.25, -0.2) is 8.42 Å². The largest absolute Gasteiger partial charge is 0.353 e. The summed E-state index contributed by atoms with van der Waals surface area (Å²) in [4.78, 5) is 12.6. The molecule has 8 heteroatoms. The molecule has 1 amide bonds. The van der Waals surface area contributed by atoms with Crippen LogP contribution in [-0.4, -0.2) is 26.4 Å². The van der Waals surface area contributed by atoms with Crippen LogP contribution in [0.3, 0.4) is 0 Å². The van der Waals surface area contributed by atoms with E-state index in [1.54, 1.807) is 6.92 Å². The first-order valence-corrected chi connectivity index (χ1v) is 8.81. The van der Waals surface area contributed by atoms with E-state index >= 15 is 0 Å². The highest BCUT2D eigenvalue weighted by molar-refractivity contribution is 9.11. The molecule has 0 saturated heterocycles. The molecule has 1 aromatic rings. The number of rotatable bonds is 5. The van der Waals surface area contributed by atoms with Gasteiger partial charge in [0.2, 0.25) is 15.9 Å². The topological polar surface area (TPSA) is 75.3 Å². The summed E-state index contributed by atoms with van der Waals surface area (Å²) in [7, 11) is -3.68. The van der Waals surface area contributed by atoms with Gasteiger partial charge in [0.1, 0.15) is 0 Å². The Bertz CT molecular complexity index is 566. The standard InChI is InChI=1S/C11H17BrN2O3S2/c1-6(2)13-11(15)7(3)14-19(16,17)9-5-10(12)18-8(9)4/h5-7,14H,1-4H3,(H,13,15). The van der Waals surface area contributed by atoms with Crippen molar-refractivity contribution >= 4 is 43.2 Å². The monoisotopic (exact) mass is 368 g/mol. The van der Waals surface area contributed by atoms with E-state index in [1.165, 1.54) is 24.3 Å². The first-order valence-electron chi connectivity index (χ1n) is 5.72. The SMILES string of the molecule is Cc1sc(Br)cc1S(=O)(=O)NC(C)C(=O)NC(C)C. The van der Waals surface area contributed by atoms with Crippen LogP contribution < -0.4 is 10.0 Å². The highest BCUT2D eigenvalue weighted by Gasteiger charge is 2.25. The third kappa shape index (κ3) is 4.55. The summed E-state index contributed by atoms with van der Waals surface area (Å²) in [6, 6.07) is 0.692.